The number of rotatable bonds is 7. The van der Waals surface area contributed by atoms with Crippen LogP contribution in [-0.4, -0.2) is 23.7 Å². The van der Waals surface area contributed by atoms with Gasteiger partial charge in [0.1, 0.15) is 11.5 Å². The Labute approximate surface area is 153 Å². The van der Waals surface area contributed by atoms with Crippen molar-refractivity contribution in [2.45, 2.75) is 12.5 Å². The molecule has 0 aliphatic carbocycles. The van der Waals surface area contributed by atoms with Gasteiger partial charge in [-0.2, -0.15) is 0 Å². The SMILES string of the molecule is O=C(N[C@H](CO)Cc1ccccc1)c1ccccc1Oc1ccccc1. The van der Waals surface area contributed by atoms with Gasteiger partial charge in [-0.15, -0.1) is 0 Å². The van der Waals surface area contributed by atoms with Gasteiger partial charge in [0, 0.05) is 0 Å². The summed E-state index contributed by atoms with van der Waals surface area (Å²) in [6.45, 7) is -0.137. The molecule has 0 aliphatic rings. The van der Waals surface area contributed by atoms with Gasteiger partial charge in [0.15, 0.2) is 0 Å². The van der Waals surface area contributed by atoms with Crippen molar-refractivity contribution in [3.8, 4) is 11.5 Å². The summed E-state index contributed by atoms with van der Waals surface area (Å²) < 4.78 is 5.84. The number of nitrogens with one attached hydrogen (secondary N) is 1. The van der Waals surface area contributed by atoms with Crippen molar-refractivity contribution in [3.63, 3.8) is 0 Å². The van der Waals surface area contributed by atoms with Crippen molar-refractivity contribution in [2.75, 3.05) is 6.61 Å². The van der Waals surface area contributed by atoms with Gasteiger partial charge in [0.25, 0.3) is 5.91 Å². The van der Waals surface area contributed by atoms with Crippen LogP contribution in [0.5, 0.6) is 11.5 Å². The standard InChI is InChI=1S/C22H21NO3/c24-16-18(15-17-9-3-1-4-10-17)23-22(25)20-13-7-8-14-21(20)26-19-11-5-2-6-12-19/h1-14,18,24H,15-16H2,(H,23,25)/t18-/m0/s1. The number of amides is 1. The summed E-state index contributed by atoms with van der Waals surface area (Å²) in [6, 6.07) is 25.8. The molecule has 3 aromatic carbocycles. The third kappa shape index (κ3) is 4.71. The highest BCUT2D eigenvalue weighted by Crippen LogP contribution is 2.25. The summed E-state index contributed by atoms with van der Waals surface area (Å²) in [5.74, 6) is 0.870. The minimum atomic E-state index is -0.366. The second-order valence-electron chi connectivity index (χ2n) is 5.95. The molecule has 0 saturated carbocycles. The van der Waals surface area contributed by atoms with Crippen molar-refractivity contribution in [1.82, 2.24) is 5.32 Å². The average molecular weight is 347 g/mol. The van der Waals surface area contributed by atoms with Crippen LogP contribution in [0, 0.1) is 0 Å². The predicted octanol–water partition coefficient (Wildman–Crippen LogP) is 3.81. The van der Waals surface area contributed by atoms with Gasteiger partial charge >= 0.3 is 0 Å². The van der Waals surface area contributed by atoms with Crippen molar-refractivity contribution in [3.05, 3.63) is 96.1 Å². The fourth-order valence-electron chi connectivity index (χ4n) is 2.68. The van der Waals surface area contributed by atoms with E-state index < -0.39 is 0 Å². The molecule has 2 N–H and O–H groups in total. The Balaban J connectivity index is 1.72. The smallest absolute Gasteiger partial charge is 0.255 e. The Morgan fingerprint density at radius 3 is 2.19 bits per heavy atom. The fourth-order valence-corrected chi connectivity index (χ4v) is 2.68. The molecule has 4 heteroatoms. The molecule has 26 heavy (non-hydrogen) atoms. The molecular formula is C22H21NO3. The van der Waals surface area contributed by atoms with Crippen molar-refractivity contribution in [1.29, 1.82) is 0 Å². The second kappa shape index (κ2) is 8.83. The van der Waals surface area contributed by atoms with Crippen LogP contribution in [0.1, 0.15) is 15.9 Å². The second-order valence-corrected chi connectivity index (χ2v) is 5.95. The molecule has 0 spiro atoms. The Bertz CT molecular complexity index is 834. The Hall–Kier alpha value is -3.11. The van der Waals surface area contributed by atoms with E-state index in [9.17, 15) is 9.90 Å². The molecule has 3 rings (SSSR count). The molecular weight excluding hydrogens is 326 g/mol. The van der Waals surface area contributed by atoms with Gasteiger partial charge in [-0.05, 0) is 36.2 Å². The molecule has 0 saturated heterocycles. The molecule has 0 fully saturated rings. The third-order valence-corrected chi connectivity index (χ3v) is 3.98. The highest BCUT2D eigenvalue weighted by atomic mass is 16.5. The third-order valence-electron chi connectivity index (χ3n) is 3.98. The zero-order valence-corrected chi connectivity index (χ0v) is 14.3. The maximum absolute atomic E-state index is 12.7. The number of hydrogen-bond acceptors (Lipinski definition) is 3. The highest BCUT2D eigenvalue weighted by molar-refractivity contribution is 5.97. The Morgan fingerprint density at radius 2 is 1.50 bits per heavy atom. The number of carbonyl (C=O) groups excluding carboxylic acids is 1. The first-order valence-corrected chi connectivity index (χ1v) is 8.54. The van der Waals surface area contributed by atoms with E-state index in [-0.39, 0.29) is 18.6 Å². The maximum Gasteiger partial charge on any atom is 0.255 e. The molecule has 0 bridgehead atoms. The molecule has 0 heterocycles. The van der Waals surface area contributed by atoms with Gasteiger partial charge in [0.2, 0.25) is 0 Å². The summed E-state index contributed by atoms with van der Waals surface area (Å²) in [7, 11) is 0. The van der Waals surface area contributed by atoms with E-state index >= 15 is 0 Å². The average Bonchev–Trinajstić information content (AvgIpc) is 2.69. The molecule has 0 aromatic heterocycles. The molecule has 0 radical (unpaired) electrons. The lowest BCUT2D eigenvalue weighted by atomic mass is 10.1. The highest BCUT2D eigenvalue weighted by Gasteiger charge is 2.17. The first-order chi connectivity index (χ1) is 12.8. The lowest BCUT2D eigenvalue weighted by molar-refractivity contribution is 0.0914. The number of aliphatic hydroxyl groups excluding tert-OH is 1. The van der Waals surface area contributed by atoms with E-state index in [1.165, 1.54) is 0 Å². The van der Waals surface area contributed by atoms with Crippen LogP contribution in [-0.2, 0) is 6.42 Å². The normalized spacial score (nSPS) is 11.6. The number of benzene rings is 3. The lowest BCUT2D eigenvalue weighted by Gasteiger charge is -2.18. The topological polar surface area (TPSA) is 58.6 Å². The van der Waals surface area contributed by atoms with Crippen LogP contribution in [0.25, 0.3) is 0 Å². The number of hydrogen-bond donors (Lipinski definition) is 2. The van der Waals surface area contributed by atoms with Gasteiger partial charge in [0.05, 0.1) is 18.2 Å². The largest absolute Gasteiger partial charge is 0.457 e. The monoisotopic (exact) mass is 347 g/mol. The first kappa shape index (κ1) is 17.7. The van der Waals surface area contributed by atoms with Crippen molar-refractivity contribution < 1.29 is 14.6 Å². The molecule has 1 amide bonds. The van der Waals surface area contributed by atoms with Crippen LogP contribution >= 0.6 is 0 Å². The van der Waals surface area contributed by atoms with E-state index in [1.807, 2.05) is 66.7 Å². The Morgan fingerprint density at radius 1 is 0.885 bits per heavy atom. The summed E-state index contributed by atoms with van der Waals surface area (Å²) >= 11 is 0. The summed E-state index contributed by atoms with van der Waals surface area (Å²) in [5.41, 5.74) is 1.49. The first-order valence-electron chi connectivity index (χ1n) is 8.54. The van der Waals surface area contributed by atoms with Crippen molar-refractivity contribution in [2.24, 2.45) is 0 Å². The van der Waals surface area contributed by atoms with Gasteiger partial charge in [-0.3, -0.25) is 4.79 Å². The summed E-state index contributed by atoms with van der Waals surface area (Å²) in [5, 5.41) is 12.5. The van der Waals surface area contributed by atoms with E-state index in [2.05, 4.69) is 5.32 Å². The Kier molecular flexibility index (Phi) is 6.01. The maximum atomic E-state index is 12.7. The van der Waals surface area contributed by atoms with Crippen molar-refractivity contribution >= 4 is 5.91 Å². The molecule has 1 atom stereocenters. The number of carbonyl (C=O) groups is 1. The van der Waals surface area contributed by atoms with Crippen LogP contribution in [0.2, 0.25) is 0 Å². The van der Waals surface area contributed by atoms with E-state index in [0.29, 0.717) is 23.5 Å². The minimum absolute atomic E-state index is 0.137. The van der Waals surface area contributed by atoms with E-state index in [4.69, 9.17) is 4.74 Å². The fraction of sp³-hybridized carbons (Fsp3) is 0.136. The zero-order valence-electron chi connectivity index (χ0n) is 14.3. The van der Waals surface area contributed by atoms with Crippen LogP contribution in [0.4, 0.5) is 0 Å². The predicted molar refractivity (Wildman–Crippen MR) is 101 cm³/mol. The lowest BCUT2D eigenvalue weighted by Crippen LogP contribution is -2.39. The summed E-state index contributed by atoms with van der Waals surface area (Å²) in [4.78, 5) is 12.7. The quantitative estimate of drug-likeness (QED) is 0.683. The summed E-state index contributed by atoms with van der Waals surface area (Å²) in [6.07, 6.45) is 0.560. The van der Waals surface area contributed by atoms with Crippen LogP contribution in [0.3, 0.4) is 0 Å². The van der Waals surface area contributed by atoms with E-state index in [0.717, 1.165) is 5.56 Å². The van der Waals surface area contributed by atoms with E-state index in [1.54, 1.807) is 18.2 Å². The number of ether oxygens (including phenoxy) is 1. The van der Waals surface area contributed by atoms with Gasteiger partial charge in [-0.1, -0.05) is 60.7 Å². The molecule has 0 aliphatic heterocycles. The van der Waals surface area contributed by atoms with Gasteiger partial charge in [-0.25, -0.2) is 0 Å². The molecule has 4 nitrogen and oxygen atoms in total. The van der Waals surface area contributed by atoms with Gasteiger partial charge < -0.3 is 15.2 Å². The molecule has 0 unspecified atom stereocenters. The van der Waals surface area contributed by atoms with Crippen LogP contribution in [0.15, 0.2) is 84.9 Å². The minimum Gasteiger partial charge on any atom is -0.457 e. The number of para-hydroxylation sites is 2. The van der Waals surface area contributed by atoms with Crippen LogP contribution < -0.4 is 10.1 Å². The molecule has 3 aromatic rings. The molecule has 132 valence electrons. The number of aliphatic hydroxyl groups is 1. The zero-order chi connectivity index (χ0) is 18.2.